The fourth-order valence-electron chi connectivity index (χ4n) is 2.72. The van der Waals surface area contributed by atoms with Crippen LogP contribution >= 0.6 is 0 Å². The first-order valence-corrected chi connectivity index (χ1v) is 5.20. The molecule has 3 unspecified atom stereocenters. The highest BCUT2D eigenvalue weighted by Gasteiger charge is 2.40. The zero-order valence-electron chi connectivity index (χ0n) is 8.93. The van der Waals surface area contributed by atoms with Gasteiger partial charge in [-0.05, 0) is 36.1 Å². The van der Waals surface area contributed by atoms with Crippen LogP contribution in [0.4, 0.5) is 0 Å². The Morgan fingerprint density at radius 3 is 2.25 bits per heavy atom. The second-order valence-corrected chi connectivity index (χ2v) is 5.12. The van der Waals surface area contributed by atoms with E-state index in [-0.39, 0.29) is 0 Å². The van der Waals surface area contributed by atoms with E-state index < -0.39 is 0 Å². The van der Waals surface area contributed by atoms with Crippen LogP contribution in [0.25, 0.3) is 0 Å². The van der Waals surface area contributed by atoms with Crippen molar-refractivity contribution in [1.82, 2.24) is 0 Å². The Bertz CT molecular complexity index is 151. The number of hydrogen-bond donors (Lipinski definition) is 1. The van der Waals surface area contributed by atoms with Crippen LogP contribution in [0.3, 0.4) is 0 Å². The summed E-state index contributed by atoms with van der Waals surface area (Å²) in [4.78, 5) is 0. The van der Waals surface area contributed by atoms with E-state index in [1.165, 1.54) is 12.8 Å². The summed E-state index contributed by atoms with van der Waals surface area (Å²) >= 11 is 0. The van der Waals surface area contributed by atoms with E-state index in [1.807, 2.05) is 0 Å². The average Bonchev–Trinajstić information content (AvgIpc) is 1.98. The fraction of sp³-hybridized carbons (Fsp3) is 1.00. The lowest BCUT2D eigenvalue weighted by Crippen LogP contribution is -2.43. The van der Waals surface area contributed by atoms with Crippen LogP contribution in [0.15, 0.2) is 0 Å². The van der Waals surface area contributed by atoms with E-state index in [2.05, 4.69) is 27.7 Å². The van der Waals surface area contributed by atoms with Crippen LogP contribution in [0.1, 0.15) is 40.5 Å². The first-order valence-electron chi connectivity index (χ1n) is 5.20. The highest BCUT2D eigenvalue weighted by Crippen LogP contribution is 2.46. The predicted octanol–water partition coefficient (Wildman–Crippen LogP) is 2.65. The minimum Gasteiger partial charge on any atom is -0.330 e. The van der Waals surface area contributed by atoms with Crippen molar-refractivity contribution in [2.45, 2.75) is 40.5 Å². The highest BCUT2D eigenvalue weighted by molar-refractivity contribution is 4.90. The van der Waals surface area contributed by atoms with Crippen molar-refractivity contribution >= 4 is 0 Å². The molecule has 1 nitrogen and oxygen atoms in total. The molecule has 1 rings (SSSR count). The zero-order valence-corrected chi connectivity index (χ0v) is 8.93. The predicted molar refractivity (Wildman–Crippen MR) is 53.9 cm³/mol. The lowest BCUT2D eigenvalue weighted by molar-refractivity contribution is 0.0340. The molecule has 1 aliphatic carbocycles. The Morgan fingerprint density at radius 2 is 1.83 bits per heavy atom. The van der Waals surface area contributed by atoms with Crippen LogP contribution in [0.5, 0.6) is 0 Å². The molecule has 0 aromatic carbocycles. The van der Waals surface area contributed by atoms with E-state index in [0.717, 1.165) is 24.3 Å². The molecule has 0 radical (unpaired) electrons. The van der Waals surface area contributed by atoms with Gasteiger partial charge in [-0.3, -0.25) is 0 Å². The number of rotatable bonds is 1. The van der Waals surface area contributed by atoms with Crippen LogP contribution in [0, 0.1) is 23.2 Å². The van der Waals surface area contributed by atoms with Gasteiger partial charge >= 0.3 is 0 Å². The zero-order chi connectivity index (χ0) is 9.35. The molecule has 0 aliphatic heterocycles. The molecule has 1 aliphatic rings. The van der Waals surface area contributed by atoms with Gasteiger partial charge < -0.3 is 5.73 Å². The third kappa shape index (κ3) is 1.52. The fourth-order valence-corrected chi connectivity index (χ4v) is 2.72. The van der Waals surface area contributed by atoms with Gasteiger partial charge in [0, 0.05) is 0 Å². The summed E-state index contributed by atoms with van der Waals surface area (Å²) in [6.07, 6.45) is 2.75. The van der Waals surface area contributed by atoms with E-state index in [9.17, 15) is 0 Å². The van der Waals surface area contributed by atoms with E-state index in [4.69, 9.17) is 5.73 Å². The topological polar surface area (TPSA) is 26.0 Å². The molecule has 0 spiro atoms. The Balaban J connectivity index is 2.76. The Kier molecular flexibility index (Phi) is 2.82. The first-order chi connectivity index (χ1) is 5.50. The van der Waals surface area contributed by atoms with Gasteiger partial charge in [-0.2, -0.15) is 0 Å². The number of nitrogens with two attached hydrogens (primary N) is 1. The van der Waals surface area contributed by atoms with Gasteiger partial charge in [0.25, 0.3) is 0 Å². The van der Waals surface area contributed by atoms with Gasteiger partial charge in [0.05, 0.1) is 0 Å². The van der Waals surface area contributed by atoms with E-state index >= 15 is 0 Å². The van der Waals surface area contributed by atoms with Gasteiger partial charge in [-0.25, -0.2) is 0 Å². The summed E-state index contributed by atoms with van der Waals surface area (Å²) in [5, 5.41) is 0. The van der Waals surface area contributed by atoms with Crippen molar-refractivity contribution < 1.29 is 0 Å². The van der Waals surface area contributed by atoms with Crippen LogP contribution < -0.4 is 5.73 Å². The summed E-state index contributed by atoms with van der Waals surface area (Å²) in [6, 6.07) is 0. The molecule has 0 bridgehead atoms. The third-order valence-corrected chi connectivity index (χ3v) is 4.22. The van der Waals surface area contributed by atoms with Gasteiger partial charge in [-0.15, -0.1) is 0 Å². The van der Waals surface area contributed by atoms with E-state index in [1.54, 1.807) is 0 Å². The molecule has 0 amide bonds. The lowest BCUT2D eigenvalue weighted by Gasteiger charge is -2.47. The van der Waals surface area contributed by atoms with Gasteiger partial charge in [0.15, 0.2) is 0 Å². The van der Waals surface area contributed by atoms with Crippen molar-refractivity contribution in [1.29, 1.82) is 0 Å². The van der Waals surface area contributed by atoms with Crippen LogP contribution in [0.2, 0.25) is 0 Å². The molecule has 12 heavy (non-hydrogen) atoms. The summed E-state index contributed by atoms with van der Waals surface area (Å²) in [7, 11) is 0. The summed E-state index contributed by atoms with van der Waals surface area (Å²) in [5.41, 5.74) is 6.28. The minimum absolute atomic E-state index is 0.451. The quantitative estimate of drug-likeness (QED) is 0.641. The molecule has 0 aromatic rings. The maximum Gasteiger partial charge on any atom is -0.00411 e. The van der Waals surface area contributed by atoms with Crippen LogP contribution in [-0.2, 0) is 0 Å². The Hall–Kier alpha value is -0.0400. The van der Waals surface area contributed by atoms with Crippen molar-refractivity contribution in [3.05, 3.63) is 0 Å². The van der Waals surface area contributed by atoms with Crippen molar-refractivity contribution in [3.63, 3.8) is 0 Å². The maximum absolute atomic E-state index is 5.83. The summed E-state index contributed by atoms with van der Waals surface area (Å²) in [5.74, 6) is 2.38. The molecule has 0 heterocycles. The molecule has 1 fully saturated rings. The Morgan fingerprint density at radius 1 is 1.25 bits per heavy atom. The highest BCUT2D eigenvalue weighted by atomic mass is 14.6. The minimum atomic E-state index is 0.451. The molecular formula is C11H23N. The van der Waals surface area contributed by atoms with Crippen LogP contribution in [-0.4, -0.2) is 6.54 Å². The summed E-state index contributed by atoms with van der Waals surface area (Å²) in [6.45, 7) is 10.3. The molecular weight excluding hydrogens is 146 g/mol. The van der Waals surface area contributed by atoms with Gasteiger partial charge in [-0.1, -0.05) is 34.1 Å². The van der Waals surface area contributed by atoms with Gasteiger partial charge in [0.1, 0.15) is 0 Å². The SMILES string of the molecule is CC1CCC(C)C(C)(C)C1CN. The third-order valence-electron chi connectivity index (χ3n) is 4.22. The van der Waals surface area contributed by atoms with Gasteiger partial charge in [0.2, 0.25) is 0 Å². The average molecular weight is 169 g/mol. The molecule has 1 heteroatoms. The summed E-state index contributed by atoms with van der Waals surface area (Å²) < 4.78 is 0. The maximum atomic E-state index is 5.83. The molecule has 72 valence electrons. The first kappa shape index (κ1) is 10.0. The largest absolute Gasteiger partial charge is 0.330 e. The monoisotopic (exact) mass is 169 g/mol. The lowest BCUT2D eigenvalue weighted by atomic mass is 9.59. The van der Waals surface area contributed by atoms with Crippen molar-refractivity contribution in [2.75, 3.05) is 6.54 Å². The number of hydrogen-bond acceptors (Lipinski definition) is 1. The molecule has 0 aromatic heterocycles. The Labute approximate surface area is 76.7 Å². The molecule has 0 saturated heterocycles. The standard InChI is InChI=1S/C11H23N/c1-8-5-6-9(2)11(3,4)10(8)7-12/h8-10H,5-7,12H2,1-4H3. The second kappa shape index (κ2) is 3.37. The normalized spacial score (nSPS) is 41.2. The van der Waals surface area contributed by atoms with E-state index in [0.29, 0.717) is 5.41 Å². The van der Waals surface area contributed by atoms with Crippen molar-refractivity contribution in [2.24, 2.45) is 28.9 Å². The molecule has 1 saturated carbocycles. The molecule has 2 N–H and O–H groups in total. The van der Waals surface area contributed by atoms with Crippen molar-refractivity contribution in [3.8, 4) is 0 Å². The second-order valence-electron chi connectivity index (χ2n) is 5.12. The molecule has 3 atom stereocenters. The smallest absolute Gasteiger partial charge is 0.00411 e.